The van der Waals surface area contributed by atoms with Crippen molar-refractivity contribution in [1.82, 2.24) is 9.62 Å². The number of nitrogens with one attached hydrogen (secondary N) is 2. The summed E-state index contributed by atoms with van der Waals surface area (Å²) < 4.78 is 28.9. The SMILES string of the molecule is CCC(=O)Nc1ccc(S(=O)(=O)N2CCc3ccccc3C2CC(=O)NCc2ccccc2C)cc1. The van der Waals surface area contributed by atoms with E-state index in [9.17, 15) is 18.0 Å². The number of hydrogen-bond acceptors (Lipinski definition) is 4. The molecule has 0 bridgehead atoms. The molecule has 0 radical (unpaired) electrons. The summed E-state index contributed by atoms with van der Waals surface area (Å²) >= 11 is 0. The number of hydrogen-bond donors (Lipinski definition) is 2. The van der Waals surface area contributed by atoms with E-state index in [1.807, 2.05) is 55.5 Å². The standard InChI is InChI=1S/C28H31N3O4S/c1-3-27(32)30-23-12-14-24(15-13-23)36(34,35)31-17-16-21-9-6-7-11-25(21)26(31)18-28(33)29-19-22-10-5-4-8-20(22)2/h4-15,26H,3,16-19H2,1-2H3,(H,29,33)(H,30,32). The average molecular weight is 506 g/mol. The molecule has 2 amide bonds. The van der Waals surface area contributed by atoms with Gasteiger partial charge in [0.2, 0.25) is 21.8 Å². The number of carbonyl (C=O) groups is 2. The molecule has 0 aliphatic carbocycles. The van der Waals surface area contributed by atoms with Gasteiger partial charge in [0.25, 0.3) is 0 Å². The molecule has 188 valence electrons. The minimum Gasteiger partial charge on any atom is -0.352 e. The van der Waals surface area contributed by atoms with Crippen molar-refractivity contribution in [2.24, 2.45) is 0 Å². The van der Waals surface area contributed by atoms with E-state index in [-0.39, 0.29) is 29.7 Å². The number of nitrogens with zero attached hydrogens (tertiary/aromatic N) is 1. The summed E-state index contributed by atoms with van der Waals surface area (Å²) in [5, 5.41) is 5.69. The third-order valence-corrected chi connectivity index (χ3v) is 8.47. The minimum atomic E-state index is -3.88. The molecular formula is C28H31N3O4S. The summed E-state index contributed by atoms with van der Waals surface area (Å²) in [4.78, 5) is 24.8. The van der Waals surface area contributed by atoms with E-state index in [0.29, 0.717) is 25.1 Å². The lowest BCUT2D eigenvalue weighted by molar-refractivity contribution is -0.122. The molecule has 0 aromatic heterocycles. The molecule has 3 aromatic rings. The molecule has 3 aromatic carbocycles. The van der Waals surface area contributed by atoms with Crippen LogP contribution < -0.4 is 10.6 Å². The number of fused-ring (bicyclic) bond motifs is 1. The second-order valence-electron chi connectivity index (χ2n) is 8.91. The lowest BCUT2D eigenvalue weighted by atomic mass is 9.92. The van der Waals surface area contributed by atoms with Crippen molar-refractivity contribution in [2.45, 2.75) is 50.6 Å². The predicted octanol–water partition coefficient (Wildman–Crippen LogP) is 4.34. The highest BCUT2D eigenvalue weighted by atomic mass is 32.2. The van der Waals surface area contributed by atoms with Crippen LogP contribution in [0.1, 0.15) is 48.1 Å². The fraction of sp³-hybridized carbons (Fsp3) is 0.286. The fourth-order valence-electron chi connectivity index (χ4n) is 4.47. The molecule has 1 aliphatic rings. The predicted molar refractivity (Wildman–Crippen MR) is 140 cm³/mol. The highest BCUT2D eigenvalue weighted by molar-refractivity contribution is 7.89. The van der Waals surface area contributed by atoms with Crippen LogP contribution in [0.2, 0.25) is 0 Å². The Balaban J connectivity index is 1.57. The summed E-state index contributed by atoms with van der Waals surface area (Å²) in [6.45, 7) is 4.41. The minimum absolute atomic E-state index is 0.0206. The van der Waals surface area contributed by atoms with Crippen LogP contribution >= 0.6 is 0 Å². The molecular weight excluding hydrogens is 474 g/mol. The van der Waals surface area contributed by atoms with Crippen LogP contribution in [-0.4, -0.2) is 31.1 Å². The third kappa shape index (κ3) is 5.66. The van der Waals surface area contributed by atoms with Gasteiger partial charge in [0.15, 0.2) is 0 Å². The first-order valence-electron chi connectivity index (χ1n) is 12.1. The van der Waals surface area contributed by atoms with Gasteiger partial charge in [-0.15, -0.1) is 0 Å². The molecule has 7 nitrogen and oxygen atoms in total. The maximum atomic E-state index is 13.7. The number of sulfonamides is 1. The first-order chi connectivity index (χ1) is 17.3. The van der Waals surface area contributed by atoms with Gasteiger partial charge in [-0.05, 0) is 59.9 Å². The number of rotatable bonds is 8. The van der Waals surface area contributed by atoms with E-state index in [1.165, 1.54) is 16.4 Å². The maximum Gasteiger partial charge on any atom is 0.243 e. The van der Waals surface area contributed by atoms with E-state index in [1.54, 1.807) is 19.1 Å². The van der Waals surface area contributed by atoms with E-state index in [4.69, 9.17) is 0 Å². The van der Waals surface area contributed by atoms with Crippen molar-refractivity contribution in [3.8, 4) is 0 Å². The molecule has 1 aliphatic heterocycles. The third-order valence-electron chi connectivity index (χ3n) is 6.55. The average Bonchev–Trinajstić information content (AvgIpc) is 2.88. The summed E-state index contributed by atoms with van der Waals surface area (Å²) in [5.74, 6) is -0.354. The van der Waals surface area contributed by atoms with Gasteiger partial charge in [0.05, 0.1) is 10.9 Å². The molecule has 0 saturated carbocycles. The van der Waals surface area contributed by atoms with Crippen molar-refractivity contribution in [3.63, 3.8) is 0 Å². The second-order valence-corrected chi connectivity index (χ2v) is 10.8. The first-order valence-corrected chi connectivity index (χ1v) is 13.5. The van der Waals surface area contributed by atoms with Gasteiger partial charge in [-0.2, -0.15) is 4.31 Å². The molecule has 8 heteroatoms. The van der Waals surface area contributed by atoms with Crippen LogP contribution in [-0.2, 0) is 32.6 Å². The van der Waals surface area contributed by atoms with Crippen LogP contribution in [0.3, 0.4) is 0 Å². The Morgan fingerprint density at radius 1 is 0.944 bits per heavy atom. The Hall–Kier alpha value is -3.49. The molecule has 1 unspecified atom stereocenters. The summed E-state index contributed by atoms with van der Waals surface area (Å²) in [5.41, 5.74) is 4.55. The quantitative estimate of drug-likeness (QED) is 0.476. The van der Waals surface area contributed by atoms with Crippen LogP contribution in [0, 0.1) is 6.92 Å². The lowest BCUT2D eigenvalue weighted by Gasteiger charge is -2.36. The van der Waals surface area contributed by atoms with Crippen LogP contribution in [0.4, 0.5) is 5.69 Å². The number of carbonyl (C=O) groups excluding carboxylic acids is 2. The molecule has 36 heavy (non-hydrogen) atoms. The monoisotopic (exact) mass is 505 g/mol. The Bertz CT molecular complexity index is 1350. The molecule has 1 atom stereocenters. The van der Waals surface area contributed by atoms with E-state index < -0.39 is 16.1 Å². The van der Waals surface area contributed by atoms with Gasteiger partial charge in [-0.1, -0.05) is 55.5 Å². The van der Waals surface area contributed by atoms with Gasteiger partial charge >= 0.3 is 0 Å². The Morgan fingerprint density at radius 3 is 2.36 bits per heavy atom. The molecule has 4 rings (SSSR count). The highest BCUT2D eigenvalue weighted by Crippen LogP contribution is 2.36. The van der Waals surface area contributed by atoms with Crippen molar-refractivity contribution < 1.29 is 18.0 Å². The summed E-state index contributed by atoms with van der Waals surface area (Å²) in [6, 6.07) is 21.1. The van der Waals surface area contributed by atoms with Crippen LogP contribution in [0.5, 0.6) is 0 Å². The molecule has 0 fully saturated rings. The topological polar surface area (TPSA) is 95.6 Å². The largest absolute Gasteiger partial charge is 0.352 e. The summed E-state index contributed by atoms with van der Waals surface area (Å²) in [7, 11) is -3.88. The molecule has 2 N–H and O–H groups in total. The smallest absolute Gasteiger partial charge is 0.243 e. The van der Waals surface area contributed by atoms with Gasteiger partial charge in [-0.3, -0.25) is 9.59 Å². The number of aryl methyl sites for hydroxylation is 1. The van der Waals surface area contributed by atoms with Gasteiger partial charge in [0, 0.05) is 31.6 Å². The number of anilines is 1. The van der Waals surface area contributed by atoms with E-state index in [0.717, 1.165) is 22.3 Å². The van der Waals surface area contributed by atoms with E-state index in [2.05, 4.69) is 10.6 Å². The zero-order valence-corrected chi connectivity index (χ0v) is 21.3. The zero-order chi connectivity index (χ0) is 25.7. The van der Waals surface area contributed by atoms with Gasteiger partial charge in [0.1, 0.15) is 0 Å². The first kappa shape index (κ1) is 25.6. The number of benzene rings is 3. The highest BCUT2D eigenvalue weighted by Gasteiger charge is 2.37. The van der Waals surface area contributed by atoms with E-state index >= 15 is 0 Å². The van der Waals surface area contributed by atoms with Gasteiger partial charge in [-0.25, -0.2) is 8.42 Å². The number of amides is 2. The van der Waals surface area contributed by atoms with Crippen molar-refractivity contribution in [2.75, 3.05) is 11.9 Å². The van der Waals surface area contributed by atoms with Crippen molar-refractivity contribution >= 4 is 27.5 Å². The second kappa shape index (κ2) is 11.1. The lowest BCUT2D eigenvalue weighted by Crippen LogP contribution is -2.42. The molecule has 0 spiro atoms. The zero-order valence-electron chi connectivity index (χ0n) is 20.5. The fourth-order valence-corrected chi connectivity index (χ4v) is 6.08. The Kier molecular flexibility index (Phi) is 7.86. The molecule has 0 saturated heterocycles. The van der Waals surface area contributed by atoms with Crippen LogP contribution in [0.15, 0.2) is 77.7 Å². The van der Waals surface area contributed by atoms with Crippen LogP contribution in [0.25, 0.3) is 0 Å². The van der Waals surface area contributed by atoms with Gasteiger partial charge < -0.3 is 10.6 Å². The maximum absolute atomic E-state index is 13.7. The molecule has 1 heterocycles. The normalized spacial score (nSPS) is 15.7. The van der Waals surface area contributed by atoms with Crippen molar-refractivity contribution in [3.05, 3.63) is 95.1 Å². The Labute approximate surface area is 212 Å². The Morgan fingerprint density at radius 2 is 1.64 bits per heavy atom. The summed E-state index contributed by atoms with van der Waals surface area (Å²) in [6.07, 6.45) is 0.926. The van der Waals surface area contributed by atoms with Crippen molar-refractivity contribution in [1.29, 1.82) is 0 Å².